The quantitative estimate of drug-likeness (QED) is 0.0275. The average molecular weight is 813 g/mol. The SMILES string of the molecule is CCCC/C=C/CC/C=C/C(O)C(COP(=O)([O-])OCC[N+](C)(C)C)NC(=O)CCCCCCCCCCCCCCCCCCCCCCCCCCCC. The first-order valence-corrected chi connectivity index (χ1v) is 25.2. The molecule has 9 heteroatoms. The lowest BCUT2D eigenvalue weighted by atomic mass is 10.0. The fourth-order valence-electron chi connectivity index (χ4n) is 6.86. The maximum absolute atomic E-state index is 12.8. The molecule has 0 aromatic rings. The Morgan fingerprint density at radius 1 is 0.607 bits per heavy atom. The summed E-state index contributed by atoms with van der Waals surface area (Å²) >= 11 is 0. The number of carbonyl (C=O) groups excluding carboxylic acids is 1. The Hall–Kier alpha value is -1.02. The van der Waals surface area contributed by atoms with Crippen molar-refractivity contribution in [1.82, 2.24) is 5.32 Å². The first kappa shape index (κ1) is 55.0. The van der Waals surface area contributed by atoms with Crippen molar-refractivity contribution in [3.8, 4) is 0 Å². The molecule has 0 saturated carbocycles. The Balaban J connectivity index is 4.04. The molecule has 0 aliphatic heterocycles. The van der Waals surface area contributed by atoms with E-state index in [1.54, 1.807) is 6.08 Å². The van der Waals surface area contributed by atoms with Crippen molar-refractivity contribution in [2.75, 3.05) is 40.9 Å². The monoisotopic (exact) mass is 813 g/mol. The molecule has 0 aromatic heterocycles. The second-order valence-electron chi connectivity index (χ2n) is 17.5. The van der Waals surface area contributed by atoms with Crippen LogP contribution in [-0.4, -0.2) is 68.5 Å². The minimum absolute atomic E-state index is 0.00482. The van der Waals surface area contributed by atoms with Crippen LogP contribution in [-0.2, 0) is 18.4 Å². The number of nitrogens with one attached hydrogen (secondary N) is 1. The van der Waals surface area contributed by atoms with Gasteiger partial charge in [-0.3, -0.25) is 9.36 Å². The van der Waals surface area contributed by atoms with Crippen LogP contribution in [0.1, 0.15) is 219 Å². The zero-order valence-corrected chi connectivity index (χ0v) is 38.5. The van der Waals surface area contributed by atoms with Crippen molar-refractivity contribution in [2.24, 2.45) is 0 Å². The molecule has 1 amide bonds. The summed E-state index contributed by atoms with van der Waals surface area (Å²) in [7, 11) is 1.25. The van der Waals surface area contributed by atoms with E-state index in [0.29, 0.717) is 17.4 Å². The van der Waals surface area contributed by atoms with Gasteiger partial charge in [-0.05, 0) is 25.7 Å². The van der Waals surface area contributed by atoms with Crippen molar-refractivity contribution >= 4 is 13.7 Å². The Morgan fingerprint density at radius 2 is 1.00 bits per heavy atom. The van der Waals surface area contributed by atoms with Gasteiger partial charge >= 0.3 is 0 Å². The van der Waals surface area contributed by atoms with E-state index in [1.807, 2.05) is 27.2 Å². The Morgan fingerprint density at radius 3 is 1.43 bits per heavy atom. The number of aliphatic hydroxyl groups is 1. The number of quaternary nitrogens is 1. The highest BCUT2D eigenvalue weighted by Crippen LogP contribution is 2.38. The number of nitrogens with zero attached hydrogens (tertiary/aromatic N) is 1. The molecule has 0 saturated heterocycles. The smallest absolute Gasteiger partial charge is 0.268 e. The molecular formula is C47H93N2O6P. The maximum atomic E-state index is 12.8. The van der Waals surface area contributed by atoms with Gasteiger partial charge < -0.3 is 28.8 Å². The van der Waals surface area contributed by atoms with Gasteiger partial charge in [0.05, 0.1) is 39.9 Å². The van der Waals surface area contributed by atoms with Gasteiger partial charge in [0.2, 0.25) is 5.91 Å². The number of hydrogen-bond acceptors (Lipinski definition) is 6. The minimum Gasteiger partial charge on any atom is -0.756 e. The van der Waals surface area contributed by atoms with Crippen LogP contribution >= 0.6 is 7.82 Å². The molecule has 3 unspecified atom stereocenters. The summed E-state index contributed by atoms with van der Waals surface area (Å²) < 4.78 is 23.1. The second-order valence-corrected chi connectivity index (χ2v) is 18.9. The van der Waals surface area contributed by atoms with E-state index in [9.17, 15) is 19.4 Å². The molecule has 2 N–H and O–H groups in total. The van der Waals surface area contributed by atoms with Gasteiger partial charge in [-0.1, -0.05) is 212 Å². The third-order valence-electron chi connectivity index (χ3n) is 10.7. The fourth-order valence-corrected chi connectivity index (χ4v) is 7.58. The molecule has 0 fully saturated rings. The Bertz CT molecular complexity index is 969. The summed E-state index contributed by atoms with van der Waals surface area (Å²) in [6.45, 7) is 4.56. The number of likely N-dealkylation sites (N-methyl/N-ethyl adjacent to an activating group) is 1. The number of hydrogen-bond donors (Lipinski definition) is 2. The summed E-state index contributed by atoms with van der Waals surface area (Å²) in [4.78, 5) is 25.2. The molecule has 0 aliphatic carbocycles. The van der Waals surface area contributed by atoms with E-state index in [4.69, 9.17) is 9.05 Å². The van der Waals surface area contributed by atoms with E-state index < -0.39 is 26.6 Å². The van der Waals surface area contributed by atoms with Crippen molar-refractivity contribution in [3.05, 3.63) is 24.3 Å². The van der Waals surface area contributed by atoms with Crippen LogP contribution in [0.25, 0.3) is 0 Å². The van der Waals surface area contributed by atoms with Gasteiger partial charge in [0.25, 0.3) is 7.82 Å². The van der Waals surface area contributed by atoms with Gasteiger partial charge in [-0.25, -0.2) is 0 Å². The predicted molar refractivity (Wildman–Crippen MR) is 238 cm³/mol. The summed E-state index contributed by atoms with van der Waals surface area (Å²) in [6.07, 6.45) is 47.0. The van der Waals surface area contributed by atoms with Gasteiger partial charge in [0.1, 0.15) is 13.2 Å². The largest absolute Gasteiger partial charge is 0.756 e. The molecule has 56 heavy (non-hydrogen) atoms. The first-order valence-electron chi connectivity index (χ1n) is 23.7. The summed E-state index contributed by atoms with van der Waals surface area (Å²) in [5.41, 5.74) is 0. The Labute approximate surface area is 347 Å². The fraction of sp³-hybridized carbons (Fsp3) is 0.894. The van der Waals surface area contributed by atoms with Crippen molar-refractivity contribution in [2.45, 2.75) is 231 Å². The topological polar surface area (TPSA) is 108 Å². The molecule has 8 nitrogen and oxygen atoms in total. The normalized spacial score (nSPS) is 14.5. The predicted octanol–water partition coefficient (Wildman–Crippen LogP) is 12.7. The molecule has 3 atom stereocenters. The second kappa shape index (κ2) is 39.4. The number of aliphatic hydroxyl groups excluding tert-OH is 1. The van der Waals surface area contributed by atoms with E-state index >= 15 is 0 Å². The molecule has 0 aliphatic rings. The van der Waals surface area contributed by atoms with Crippen LogP contribution in [0.4, 0.5) is 0 Å². The maximum Gasteiger partial charge on any atom is 0.268 e. The van der Waals surface area contributed by atoms with Crippen LogP contribution in [0.5, 0.6) is 0 Å². The lowest BCUT2D eigenvalue weighted by Crippen LogP contribution is -2.45. The van der Waals surface area contributed by atoms with Crippen molar-refractivity contribution < 1.29 is 32.9 Å². The molecule has 332 valence electrons. The van der Waals surface area contributed by atoms with Gasteiger partial charge in [0, 0.05) is 6.42 Å². The van der Waals surface area contributed by atoms with Gasteiger partial charge in [0.15, 0.2) is 0 Å². The number of rotatable bonds is 43. The van der Waals surface area contributed by atoms with E-state index in [2.05, 4.69) is 31.3 Å². The number of carbonyl (C=O) groups is 1. The lowest BCUT2D eigenvalue weighted by molar-refractivity contribution is -0.870. The molecule has 0 heterocycles. The summed E-state index contributed by atoms with van der Waals surface area (Å²) in [5.74, 6) is -0.207. The highest BCUT2D eigenvalue weighted by molar-refractivity contribution is 7.45. The number of allylic oxidation sites excluding steroid dienone is 3. The first-order chi connectivity index (χ1) is 27.0. The van der Waals surface area contributed by atoms with E-state index in [0.717, 1.165) is 38.5 Å². The highest BCUT2D eigenvalue weighted by atomic mass is 31.2. The molecular weight excluding hydrogens is 719 g/mol. The average Bonchev–Trinajstić information content (AvgIpc) is 3.15. The molecule has 0 radical (unpaired) electrons. The third-order valence-corrected chi connectivity index (χ3v) is 11.6. The van der Waals surface area contributed by atoms with Gasteiger partial charge in [-0.15, -0.1) is 0 Å². The van der Waals surface area contributed by atoms with Crippen molar-refractivity contribution in [3.63, 3.8) is 0 Å². The summed E-state index contributed by atoms with van der Waals surface area (Å²) in [5, 5.41) is 13.7. The molecule has 0 bridgehead atoms. The standard InChI is InChI=1S/C47H93N2O6P/c1-6-8-10-12-14-16-17-18-19-20-21-22-23-24-25-26-27-28-29-30-31-32-33-35-37-39-41-47(51)48-45(44-55-56(52,53)54-43-42-49(3,4)5)46(50)40-38-36-34-15-13-11-9-7-2/h13,15,38,40,45-46,50H,6-12,14,16-37,39,41-44H2,1-5H3,(H-,48,51,52,53)/b15-13+,40-38+. The van der Waals surface area contributed by atoms with Gasteiger partial charge in [-0.2, -0.15) is 0 Å². The van der Waals surface area contributed by atoms with Crippen LogP contribution in [0, 0.1) is 0 Å². The zero-order chi connectivity index (χ0) is 41.4. The van der Waals surface area contributed by atoms with Crippen molar-refractivity contribution in [1.29, 1.82) is 0 Å². The molecule has 0 aromatic carbocycles. The zero-order valence-electron chi connectivity index (χ0n) is 37.6. The van der Waals surface area contributed by atoms with Crippen LogP contribution in [0.3, 0.4) is 0 Å². The summed E-state index contributed by atoms with van der Waals surface area (Å²) in [6, 6.07) is -0.896. The molecule has 0 spiro atoms. The lowest BCUT2D eigenvalue weighted by Gasteiger charge is -2.29. The van der Waals surface area contributed by atoms with Crippen LogP contribution in [0.2, 0.25) is 0 Å². The number of phosphoric ester groups is 1. The van der Waals surface area contributed by atoms with E-state index in [1.165, 1.54) is 161 Å². The van der Waals surface area contributed by atoms with E-state index in [-0.39, 0.29) is 12.5 Å². The van der Waals surface area contributed by atoms with Crippen LogP contribution in [0.15, 0.2) is 24.3 Å². The molecule has 0 rings (SSSR count). The highest BCUT2D eigenvalue weighted by Gasteiger charge is 2.23. The van der Waals surface area contributed by atoms with Crippen LogP contribution < -0.4 is 10.2 Å². The number of amides is 1. The number of unbranched alkanes of at least 4 members (excludes halogenated alkanes) is 28. The number of phosphoric acid groups is 1. The minimum atomic E-state index is -4.58. The third kappa shape index (κ3) is 41.2. The Kier molecular flexibility index (Phi) is 38.7.